The van der Waals surface area contributed by atoms with Gasteiger partial charge in [0.25, 0.3) is 5.69 Å². The summed E-state index contributed by atoms with van der Waals surface area (Å²) in [4.78, 5) is 10.6. The van der Waals surface area contributed by atoms with Crippen LogP contribution in [0.1, 0.15) is 29.7 Å². The Morgan fingerprint density at radius 2 is 1.96 bits per heavy atom. The van der Waals surface area contributed by atoms with E-state index in [2.05, 4.69) is 0 Å². The number of benzene rings is 2. The van der Waals surface area contributed by atoms with Crippen LogP contribution in [-0.4, -0.2) is 17.8 Å². The van der Waals surface area contributed by atoms with Crippen LogP contribution >= 0.6 is 0 Å². The molecule has 2 aliphatic rings. The fourth-order valence-electron chi connectivity index (χ4n) is 3.14. The Hall–Kier alpha value is -2.60. The molecule has 0 radical (unpaired) electrons. The van der Waals surface area contributed by atoms with Gasteiger partial charge < -0.3 is 14.2 Å². The third-order valence-electron chi connectivity index (χ3n) is 4.18. The smallest absolute Gasteiger partial charge is 0.269 e. The number of rotatable bonds is 2. The predicted octanol–water partition coefficient (Wildman–Crippen LogP) is 3.37. The fraction of sp³-hybridized carbons (Fsp3) is 0.294. The van der Waals surface area contributed by atoms with Gasteiger partial charge in [-0.15, -0.1) is 0 Å². The molecule has 0 saturated carbocycles. The molecule has 4 rings (SSSR count). The van der Waals surface area contributed by atoms with Crippen molar-refractivity contribution in [3.63, 3.8) is 0 Å². The Labute approximate surface area is 132 Å². The minimum Gasteiger partial charge on any atom is -0.454 e. The maximum atomic E-state index is 11.0. The predicted molar refractivity (Wildman–Crippen MR) is 81.8 cm³/mol. The highest BCUT2D eigenvalue weighted by molar-refractivity contribution is 5.52. The summed E-state index contributed by atoms with van der Waals surface area (Å²) in [5.74, 6) is 1.44. The number of hydrogen-bond donors (Lipinski definition) is 0. The standard InChI is InChI=1S/C17H15NO5/c1-10-5-12-7-15-16(22-9-21-15)8-14(12)17(23-10)11-3-2-4-13(6-11)18(19)20/h2-4,6-8,10,17H,5,9H2,1H3/t10-,17+/m1/s1. The van der Waals surface area contributed by atoms with Crippen molar-refractivity contribution in [2.24, 2.45) is 0 Å². The van der Waals surface area contributed by atoms with Crippen molar-refractivity contribution in [1.82, 2.24) is 0 Å². The second-order valence-corrected chi connectivity index (χ2v) is 5.79. The van der Waals surface area contributed by atoms with Crippen molar-refractivity contribution in [3.8, 4) is 11.5 Å². The van der Waals surface area contributed by atoms with Crippen molar-refractivity contribution >= 4 is 5.69 Å². The molecule has 0 fully saturated rings. The van der Waals surface area contributed by atoms with E-state index >= 15 is 0 Å². The quantitative estimate of drug-likeness (QED) is 0.628. The summed E-state index contributed by atoms with van der Waals surface area (Å²) < 4.78 is 17.0. The molecule has 6 heteroatoms. The van der Waals surface area contributed by atoms with Gasteiger partial charge in [-0.25, -0.2) is 0 Å². The zero-order valence-corrected chi connectivity index (χ0v) is 12.5. The van der Waals surface area contributed by atoms with Crippen LogP contribution in [-0.2, 0) is 11.2 Å². The molecule has 2 aromatic carbocycles. The van der Waals surface area contributed by atoms with E-state index < -0.39 is 4.92 Å². The lowest BCUT2D eigenvalue weighted by Gasteiger charge is -2.31. The van der Waals surface area contributed by atoms with E-state index in [1.54, 1.807) is 12.1 Å². The Morgan fingerprint density at radius 3 is 2.74 bits per heavy atom. The normalized spacial score (nSPS) is 21.8. The second kappa shape index (κ2) is 5.24. The monoisotopic (exact) mass is 313 g/mol. The highest BCUT2D eigenvalue weighted by Crippen LogP contribution is 2.43. The van der Waals surface area contributed by atoms with E-state index in [9.17, 15) is 10.1 Å². The van der Waals surface area contributed by atoms with Crippen LogP contribution in [0.25, 0.3) is 0 Å². The lowest BCUT2D eigenvalue weighted by Crippen LogP contribution is -2.24. The molecular weight excluding hydrogens is 298 g/mol. The van der Waals surface area contributed by atoms with Crippen molar-refractivity contribution in [2.45, 2.75) is 25.6 Å². The van der Waals surface area contributed by atoms with Crippen LogP contribution < -0.4 is 9.47 Å². The fourth-order valence-corrected chi connectivity index (χ4v) is 3.14. The van der Waals surface area contributed by atoms with E-state index in [1.807, 2.05) is 25.1 Å². The molecule has 0 spiro atoms. The summed E-state index contributed by atoms with van der Waals surface area (Å²) in [5, 5.41) is 11.0. The number of nitrogens with zero attached hydrogens (tertiary/aromatic N) is 1. The lowest BCUT2D eigenvalue weighted by molar-refractivity contribution is -0.385. The number of hydrogen-bond acceptors (Lipinski definition) is 5. The van der Waals surface area contributed by atoms with Crippen LogP contribution in [0, 0.1) is 10.1 Å². The van der Waals surface area contributed by atoms with Crippen LogP contribution in [0.3, 0.4) is 0 Å². The molecule has 0 bridgehead atoms. The zero-order chi connectivity index (χ0) is 16.0. The van der Waals surface area contributed by atoms with Crippen LogP contribution in [0.5, 0.6) is 11.5 Å². The molecule has 0 amide bonds. The average molecular weight is 313 g/mol. The Morgan fingerprint density at radius 1 is 1.17 bits per heavy atom. The molecule has 0 N–H and O–H groups in total. The van der Waals surface area contributed by atoms with Gasteiger partial charge in [0.2, 0.25) is 6.79 Å². The maximum Gasteiger partial charge on any atom is 0.269 e. The minimum atomic E-state index is -0.393. The molecule has 0 aromatic heterocycles. The molecular formula is C17H15NO5. The summed E-state index contributed by atoms with van der Waals surface area (Å²) in [7, 11) is 0. The van der Waals surface area contributed by atoms with E-state index in [1.165, 1.54) is 6.07 Å². The van der Waals surface area contributed by atoms with Crippen molar-refractivity contribution in [2.75, 3.05) is 6.79 Å². The Balaban J connectivity index is 1.81. The van der Waals surface area contributed by atoms with Crippen LogP contribution in [0.2, 0.25) is 0 Å². The minimum absolute atomic E-state index is 0.0205. The summed E-state index contributed by atoms with van der Waals surface area (Å²) >= 11 is 0. The SMILES string of the molecule is C[C@@H]1Cc2cc3c(cc2[C@H](c2cccc([N+](=O)[O-])c2)O1)OCO3. The molecule has 2 aliphatic heterocycles. The molecule has 2 heterocycles. The first-order valence-electron chi connectivity index (χ1n) is 7.44. The summed E-state index contributed by atoms with van der Waals surface area (Å²) in [6, 6.07) is 10.5. The van der Waals surface area contributed by atoms with Gasteiger partial charge >= 0.3 is 0 Å². The van der Waals surface area contributed by atoms with Gasteiger partial charge in [-0.1, -0.05) is 12.1 Å². The molecule has 0 aliphatic carbocycles. The summed E-state index contributed by atoms with van der Waals surface area (Å²) in [6.07, 6.45) is 0.451. The second-order valence-electron chi connectivity index (χ2n) is 5.79. The number of nitro groups is 1. The highest BCUT2D eigenvalue weighted by Gasteiger charge is 2.30. The first kappa shape index (κ1) is 14.0. The van der Waals surface area contributed by atoms with Crippen LogP contribution in [0.4, 0.5) is 5.69 Å². The van der Waals surface area contributed by atoms with Gasteiger partial charge in [0, 0.05) is 12.1 Å². The highest BCUT2D eigenvalue weighted by atomic mass is 16.7. The molecule has 118 valence electrons. The third kappa shape index (κ3) is 2.41. The van der Waals surface area contributed by atoms with Gasteiger partial charge in [-0.05, 0) is 42.2 Å². The van der Waals surface area contributed by atoms with E-state index in [-0.39, 0.29) is 24.7 Å². The van der Waals surface area contributed by atoms with Gasteiger partial charge in [0.05, 0.1) is 11.0 Å². The molecule has 2 atom stereocenters. The van der Waals surface area contributed by atoms with E-state index in [0.29, 0.717) is 5.75 Å². The van der Waals surface area contributed by atoms with Crippen molar-refractivity contribution in [1.29, 1.82) is 0 Å². The molecule has 0 unspecified atom stereocenters. The average Bonchev–Trinajstić information content (AvgIpc) is 2.99. The summed E-state index contributed by atoms with van der Waals surface area (Å²) in [6.45, 7) is 2.22. The van der Waals surface area contributed by atoms with Gasteiger partial charge in [-0.2, -0.15) is 0 Å². The van der Waals surface area contributed by atoms with Crippen molar-refractivity contribution < 1.29 is 19.1 Å². The molecule has 23 heavy (non-hydrogen) atoms. The topological polar surface area (TPSA) is 70.8 Å². The third-order valence-corrected chi connectivity index (χ3v) is 4.18. The molecule has 6 nitrogen and oxygen atoms in total. The van der Waals surface area contributed by atoms with E-state index in [0.717, 1.165) is 28.9 Å². The molecule has 2 aromatic rings. The zero-order valence-electron chi connectivity index (χ0n) is 12.5. The number of nitro benzene ring substituents is 1. The van der Waals surface area contributed by atoms with Crippen LogP contribution in [0.15, 0.2) is 36.4 Å². The largest absolute Gasteiger partial charge is 0.454 e. The Bertz CT molecular complexity index is 789. The lowest BCUT2D eigenvalue weighted by atomic mass is 9.90. The number of fused-ring (bicyclic) bond motifs is 2. The first-order valence-corrected chi connectivity index (χ1v) is 7.44. The maximum absolute atomic E-state index is 11.0. The van der Waals surface area contributed by atoms with Crippen molar-refractivity contribution in [3.05, 3.63) is 63.2 Å². The molecule has 0 saturated heterocycles. The van der Waals surface area contributed by atoms with Gasteiger partial charge in [0.15, 0.2) is 11.5 Å². The number of ether oxygens (including phenoxy) is 3. The van der Waals surface area contributed by atoms with E-state index in [4.69, 9.17) is 14.2 Å². The van der Waals surface area contributed by atoms with Gasteiger partial charge in [-0.3, -0.25) is 10.1 Å². The Kier molecular flexibility index (Phi) is 3.20. The summed E-state index contributed by atoms with van der Waals surface area (Å²) in [5.41, 5.74) is 2.94. The first-order chi connectivity index (χ1) is 11.1. The number of non-ortho nitro benzene ring substituents is 1. The van der Waals surface area contributed by atoms with Gasteiger partial charge in [0.1, 0.15) is 6.10 Å².